The highest BCUT2D eigenvalue weighted by atomic mass is 16.1. The Balaban J connectivity index is 2.31. The minimum absolute atomic E-state index is 0.0986. The third-order valence-corrected chi connectivity index (χ3v) is 2.58. The summed E-state index contributed by atoms with van der Waals surface area (Å²) in [5.41, 5.74) is 2.14. The molecule has 3 N–H and O–H groups in total. The molecule has 0 radical (unpaired) electrons. The summed E-state index contributed by atoms with van der Waals surface area (Å²) in [6.07, 6.45) is 3.41. The van der Waals surface area contributed by atoms with E-state index in [0.717, 1.165) is 11.4 Å². The van der Waals surface area contributed by atoms with Crippen LogP contribution in [0.5, 0.6) is 0 Å². The summed E-state index contributed by atoms with van der Waals surface area (Å²) in [5.74, 6) is 0.631. The molecular weight excluding hydrogens is 218 g/mol. The predicted octanol–water partition coefficient (Wildman–Crippen LogP) is 1.28. The van der Waals surface area contributed by atoms with Gasteiger partial charge in [-0.25, -0.2) is 4.98 Å². The summed E-state index contributed by atoms with van der Waals surface area (Å²) in [5, 5.41) is 9.74. The molecule has 0 saturated heterocycles. The first-order chi connectivity index (χ1) is 8.08. The van der Waals surface area contributed by atoms with Crippen molar-refractivity contribution in [2.75, 3.05) is 5.32 Å². The molecule has 0 bridgehead atoms. The number of nitrogens with zero attached hydrogens (tertiary/aromatic N) is 2. The normalized spacial score (nSPS) is 12.4. The first kappa shape index (κ1) is 11.4. The maximum absolute atomic E-state index is 11.9. The number of anilines is 1. The van der Waals surface area contributed by atoms with Crippen molar-refractivity contribution in [3.05, 3.63) is 39.8 Å². The van der Waals surface area contributed by atoms with Crippen LogP contribution in [0.15, 0.2) is 17.2 Å². The molecule has 6 heteroatoms. The second kappa shape index (κ2) is 4.40. The SMILES string of the molecule is Cc1nc(C)c(C(C)Nc2cn[nH]c2)c(=O)[nH]1. The van der Waals surface area contributed by atoms with Crippen LogP contribution in [-0.4, -0.2) is 20.2 Å². The highest BCUT2D eigenvalue weighted by Crippen LogP contribution is 2.16. The van der Waals surface area contributed by atoms with E-state index in [1.165, 1.54) is 0 Å². The van der Waals surface area contributed by atoms with Gasteiger partial charge in [0.05, 0.1) is 29.2 Å². The zero-order chi connectivity index (χ0) is 12.4. The van der Waals surface area contributed by atoms with Crippen LogP contribution in [-0.2, 0) is 0 Å². The number of aryl methyl sites for hydroxylation is 2. The maximum Gasteiger partial charge on any atom is 0.256 e. The molecular formula is C11H15N5O. The fourth-order valence-electron chi connectivity index (χ4n) is 1.90. The van der Waals surface area contributed by atoms with Crippen molar-refractivity contribution in [1.82, 2.24) is 20.2 Å². The highest BCUT2D eigenvalue weighted by Gasteiger charge is 2.14. The summed E-state index contributed by atoms with van der Waals surface area (Å²) in [6.45, 7) is 5.53. The minimum atomic E-state index is -0.121. The largest absolute Gasteiger partial charge is 0.376 e. The van der Waals surface area contributed by atoms with Gasteiger partial charge in [0.25, 0.3) is 5.56 Å². The average molecular weight is 233 g/mol. The van der Waals surface area contributed by atoms with Crippen LogP contribution in [0.25, 0.3) is 0 Å². The second-order valence-corrected chi connectivity index (χ2v) is 4.00. The van der Waals surface area contributed by atoms with Crippen LogP contribution in [0, 0.1) is 13.8 Å². The van der Waals surface area contributed by atoms with Crippen molar-refractivity contribution >= 4 is 5.69 Å². The lowest BCUT2D eigenvalue weighted by atomic mass is 10.1. The fourth-order valence-corrected chi connectivity index (χ4v) is 1.90. The van der Waals surface area contributed by atoms with E-state index >= 15 is 0 Å². The lowest BCUT2D eigenvalue weighted by Gasteiger charge is -2.15. The van der Waals surface area contributed by atoms with Crippen molar-refractivity contribution in [2.24, 2.45) is 0 Å². The molecule has 0 aromatic carbocycles. The number of H-pyrrole nitrogens is 2. The Bertz CT molecular complexity index is 558. The number of rotatable bonds is 3. The Kier molecular flexibility index (Phi) is 2.95. The zero-order valence-corrected chi connectivity index (χ0v) is 10.0. The monoisotopic (exact) mass is 233 g/mol. The van der Waals surface area contributed by atoms with Crippen molar-refractivity contribution < 1.29 is 0 Å². The van der Waals surface area contributed by atoms with Crippen LogP contribution in [0.3, 0.4) is 0 Å². The van der Waals surface area contributed by atoms with Gasteiger partial charge >= 0.3 is 0 Å². The van der Waals surface area contributed by atoms with Gasteiger partial charge in [0.15, 0.2) is 0 Å². The van der Waals surface area contributed by atoms with E-state index in [4.69, 9.17) is 0 Å². The second-order valence-electron chi connectivity index (χ2n) is 4.00. The number of aromatic nitrogens is 4. The smallest absolute Gasteiger partial charge is 0.256 e. The molecule has 2 rings (SSSR count). The van der Waals surface area contributed by atoms with E-state index in [0.29, 0.717) is 11.4 Å². The number of hydrogen-bond donors (Lipinski definition) is 3. The summed E-state index contributed by atoms with van der Waals surface area (Å²) in [6, 6.07) is -0.121. The number of hydrogen-bond acceptors (Lipinski definition) is 4. The average Bonchev–Trinajstić information content (AvgIpc) is 2.68. The third kappa shape index (κ3) is 2.35. The van der Waals surface area contributed by atoms with E-state index in [1.54, 1.807) is 19.3 Å². The maximum atomic E-state index is 11.9. The molecule has 2 aromatic rings. The molecule has 0 fully saturated rings. The quantitative estimate of drug-likeness (QED) is 0.745. The molecule has 0 spiro atoms. The van der Waals surface area contributed by atoms with E-state index < -0.39 is 0 Å². The standard InChI is InChI=1S/C11H15N5O/c1-6-10(11(17)16-8(3)14-6)7(2)15-9-4-12-13-5-9/h4-5,7,15H,1-3H3,(H,12,13)(H,14,16,17). The summed E-state index contributed by atoms with van der Waals surface area (Å²) < 4.78 is 0. The number of nitrogens with one attached hydrogen (secondary N) is 3. The molecule has 0 saturated carbocycles. The minimum Gasteiger partial charge on any atom is -0.376 e. The molecule has 90 valence electrons. The van der Waals surface area contributed by atoms with Crippen molar-refractivity contribution in [3.8, 4) is 0 Å². The van der Waals surface area contributed by atoms with Crippen LogP contribution >= 0.6 is 0 Å². The molecule has 6 nitrogen and oxygen atoms in total. The highest BCUT2D eigenvalue weighted by molar-refractivity contribution is 5.41. The predicted molar refractivity (Wildman–Crippen MR) is 65.0 cm³/mol. The Morgan fingerprint density at radius 2 is 2.18 bits per heavy atom. The number of aromatic amines is 2. The zero-order valence-electron chi connectivity index (χ0n) is 10.0. The Labute approximate surface area is 98.5 Å². The first-order valence-corrected chi connectivity index (χ1v) is 5.40. The van der Waals surface area contributed by atoms with Gasteiger partial charge in [0, 0.05) is 6.20 Å². The molecule has 0 aliphatic rings. The van der Waals surface area contributed by atoms with Crippen LogP contribution in [0.2, 0.25) is 0 Å². The van der Waals surface area contributed by atoms with Crippen LogP contribution < -0.4 is 10.9 Å². The van der Waals surface area contributed by atoms with Crippen LogP contribution in [0.1, 0.15) is 30.0 Å². The molecule has 0 amide bonds. The lowest BCUT2D eigenvalue weighted by molar-refractivity contribution is 0.814. The Hall–Kier alpha value is -2.11. The molecule has 1 atom stereocenters. The van der Waals surface area contributed by atoms with Gasteiger partial charge in [0.2, 0.25) is 0 Å². The van der Waals surface area contributed by atoms with Gasteiger partial charge in [-0.05, 0) is 20.8 Å². The van der Waals surface area contributed by atoms with E-state index in [-0.39, 0.29) is 11.6 Å². The third-order valence-electron chi connectivity index (χ3n) is 2.58. The molecule has 0 aliphatic heterocycles. The Morgan fingerprint density at radius 1 is 1.41 bits per heavy atom. The molecule has 0 aliphatic carbocycles. The van der Waals surface area contributed by atoms with Crippen LogP contribution in [0.4, 0.5) is 5.69 Å². The van der Waals surface area contributed by atoms with E-state index in [2.05, 4.69) is 25.5 Å². The summed E-state index contributed by atoms with van der Waals surface area (Å²) in [4.78, 5) is 18.8. The van der Waals surface area contributed by atoms with Crippen molar-refractivity contribution in [2.45, 2.75) is 26.8 Å². The topological polar surface area (TPSA) is 86.5 Å². The molecule has 17 heavy (non-hydrogen) atoms. The first-order valence-electron chi connectivity index (χ1n) is 5.40. The summed E-state index contributed by atoms with van der Waals surface area (Å²) in [7, 11) is 0. The van der Waals surface area contributed by atoms with Crippen molar-refractivity contribution in [1.29, 1.82) is 0 Å². The van der Waals surface area contributed by atoms with Crippen molar-refractivity contribution in [3.63, 3.8) is 0 Å². The van der Waals surface area contributed by atoms with Gasteiger partial charge in [-0.2, -0.15) is 5.10 Å². The molecule has 1 unspecified atom stereocenters. The Morgan fingerprint density at radius 3 is 2.76 bits per heavy atom. The van der Waals surface area contributed by atoms with Gasteiger partial charge in [-0.15, -0.1) is 0 Å². The molecule has 2 aromatic heterocycles. The fraction of sp³-hybridized carbons (Fsp3) is 0.364. The van der Waals surface area contributed by atoms with Gasteiger partial charge < -0.3 is 10.3 Å². The summed E-state index contributed by atoms with van der Waals surface area (Å²) >= 11 is 0. The van der Waals surface area contributed by atoms with E-state index in [9.17, 15) is 4.79 Å². The van der Waals surface area contributed by atoms with Gasteiger partial charge in [-0.3, -0.25) is 9.89 Å². The lowest BCUT2D eigenvalue weighted by Crippen LogP contribution is -2.23. The van der Waals surface area contributed by atoms with Gasteiger partial charge in [0.1, 0.15) is 5.82 Å². The molecule has 2 heterocycles. The van der Waals surface area contributed by atoms with E-state index in [1.807, 2.05) is 13.8 Å². The van der Waals surface area contributed by atoms with Gasteiger partial charge in [-0.1, -0.05) is 0 Å².